The van der Waals surface area contributed by atoms with Crippen molar-refractivity contribution in [1.29, 1.82) is 0 Å². The molecule has 1 aliphatic heterocycles. The predicted octanol–water partition coefficient (Wildman–Crippen LogP) is 0.317. The molecule has 1 heterocycles. The zero-order valence-electron chi connectivity index (χ0n) is 8.80. The molecule has 1 atom stereocenters. The van der Waals surface area contributed by atoms with Crippen LogP contribution in [0.1, 0.15) is 13.8 Å². The zero-order chi connectivity index (χ0) is 11.4. The number of amides is 1. The van der Waals surface area contributed by atoms with Crippen LogP contribution in [0.3, 0.4) is 0 Å². The van der Waals surface area contributed by atoms with E-state index >= 15 is 0 Å². The van der Waals surface area contributed by atoms with E-state index in [1.807, 2.05) is 0 Å². The summed E-state index contributed by atoms with van der Waals surface area (Å²) in [6.45, 7) is 4.13. The van der Waals surface area contributed by atoms with Gasteiger partial charge in [-0.2, -0.15) is 0 Å². The van der Waals surface area contributed by atoms with Crippen LogP contribution in [-0.2, 0) is 14.3 Å². The highest BCUT2D eigenvalue weighted by Gasteiger charge is 2.29. The Morgan fingerprint density at radius 3 is 2.73 bits per heavy atom. The molecule has 6 heteroatoms. The van der Waals surface area contributed by atoms with Crippen molar-refractivity contribution in [2.75, 3.05) is 19.7 Å². The summed E-state index contributed by atoms with van der Waals surface area (Å²) in [5.74, 6) is -1.06. The topological polar surface area (TPSA) is 76.1 Å². The van der Waals surface area contributed by atoms with Gasteiger partial charge in [0.25, 0.3) is 0 Å². The molecule has 1 N–H and O–H groups in total. The molecule has 0 aromatic carbocycles. The number of carboxylic acids is 1. The maximum absolute atomic E-state index is 11.4. The Bertz CT molecular complexity index is 253. The van der Waals surface area contributed by atoms with Gasteiger partial charge in [0.05, 0.1) is 19.3 Å². The van der Waals surface area contributed by atoms with Gasteiger partial charge in [0.2, 0.25) is 0 Å². The number of carbonyl (C=O) groups is 2. The minimum atomic E-state index is -1.06. The fourth-order valence-electron chi connectivity index (χ4n) is 1.24. The maximum atomic E-state index is 11.4. The number of aliphatic carboxylic acids is 1. The molecule has 0 saturated carbocycles. The van der Waals surface area contributed by atoms with Gasteiger partial charge in [-0.25, -0.2) is 9.59 Å². The molecule has 0 bridgehead atoms. The fourth-order valence-corrected chi connectivity index (χ4v) is 1.24. The van der Waals surface area contributed by atoms with Gasteiger partial charge in [-0.15, -0.1) is 0 Å². The van der Waals surface area contributed by atoms with Crippen molar-refractivity contribution in [2.24, 2.45) is 0 Å². The summed E-state index contributed by atoms with van der Waals surface area (Å²) in [5.41, 5.74) is 0. The Labute approximate surface area is 87.8 Å². The highest BCUT2D eigenvalue weighted by molar-refractivity contribution is 5.74. The summed E-state index contributed by atoms with van der Waals surface area (Å²) < 4.78 is 9.93. The van der Waals surface area contributed by atoms with E-state index in [9.17, 15) is 9.59 Å². The third kappa shape index (κ3) is 3.39. The molecule has 86 valence electrons. The number of morpholine rings is 1. The van der Waals surface area contributed by atoms with Crippen LogP contribution in [0.2, 0.25) is 0 Å². The minimum absolute atomic E-state index is 0.0425. The fraction of sp³-hybridized carbons (Fsp3) is 0.778. The summed E-state index contributed by atoms with van der Waals surface area (Å²) in [6, 6.07) is 0. The number of ether oxygens (including phenoxy) is 2. The lowest BCUT2D eigenvalue weighted by Gasteiger charge is -2.30. The molecule has 6 nitrogen and oxygen atoms in total. The van der Waals surface area contributed by atoms with E-state index in [1.165, 1.54) is 4.90 Å². The van der Waals surface area contributed by atoms with E-state index in [1.54, 1.807) is 13.8 Å². The van der Waals surface area contributed by atoms with Crippen molar-refractivity contribution in [3.8, 4) is 0 Å². The van der Waals surface area contributed by atoms with Crippen molar-refractivity contribution >= 4 is 12.1 Å². The summed E-state index contributed by atoms with van der Waals surface area (Å²) in [5, 5.41) is 8.72. The molecular weight excluding hydrogens is 202 g/mol. The van der Waals surface area contributed by atoms with E-state index in [4.69, 9.17) is 14.6 Å². The van der Waals surface area contributed by atoms with Crippen LogP contribution < -0.4 is 0 Å². The minimum Gasteiger partial charge on any atom is -0.479 e. The molecule has 0 radical (unpaired) electrons. The standard InChI is InChI=1S/C9H15NO5/c1-6(2)15-9(13)10-3-4-14-7(5-10)8(11)12/h6-7H,3-5H2,1-2H3,(H,11,12). The molecule has 15 heavy (non-hydrogen) atoms. The second kappa shape index (κ2) is 4.97. The number of nitrogens with zero attached hydrogens (tertiary/aromatic N) is 1. The van der Waals surface area contributed by atoms with E-state index in [2.05, 4.69) is 0 Å². The number of carboxylic acid groups (broad SMARTS) is 1. The monoisotopic (exact) mass is 217 g/mol. The second-order valence-corrected chi connectivity index (χ2v) is 3.58. The van der Waals surface area contributed by atoms with Crippen LogP contribution in [0.5, 0.6) is 0 Å². The highest BCUT2D eigenvalue weighted by Crippen LogP contribution is 2.08. The molecule has 1 amide bonds. The van der Waals surface area contributed by atoms with Crippen molar-refractivity contribution in [3.05, 3.63) is 0 Å². The van der Waals surface area contributed by atoms with Gasteiger partial charge in [0.1, 0.15) is 0 Å². The normalized spacial score (nSPS) is 21.5. The predicted molar refractivity (Wildman–Crippen MR) is 50.6 cm³/mol. The van der Waals surface area contributed by atoms with Crippen molar-refractivity contribution in [3.63, 3.8) is 0 Å². The SMILES string of the molecule is CC(C)OC(=O)N1CCOC(C(=O)O)C1. The first kappa shape index (κ1) is 11.8. The van der Waals surface area contributed by atoms with Gasteiger partial charge in [0, 0.05) is 6.54 Å². The van der Waals surface area contributed by atoms with Crippen molar-refractivity contribution in [2.45, 2.75) is 26.1 Å². The largest absolute Gasteiger partial charge is 0.479 e. The Morgan fingerprint density at radius 1 is 1.53 bits per heavy atom. The van der Waals surface area contributed by atoms with E-state index in [0.717, 1.165) is 0 Å². The highest BCUT2D eigenvalue weighted by atomic mass is 16.6. The van der Waals surface area contributed by atoms with E-state index < -0.39 is 18.2 Å². The van der Waals surface area contributed by atoms with Crippen molar-refractivity contribution in [1.82, 2.24) is 4.90 Å². The van der Waals surface area contributed by atoms with Gasteiger partial charge < -0.3 is 19.5 Å². The number of hydrogen-bond donors (Lipinski definition) is 1. The van der Waals surface area contributed by atoms with Crippen molar-refractivity contribution < 1.29 is 24.2 Å². The number of hydrogen-bond acceptors (Lipinski definition) is 4. The lowest BCUT2D eigenvalue weighted by atomic mass is 10.3. The number of carbonyl (C=O) groups excluding carboxylic acids is 1. The van der Waals surface area contributed by atoms with Crippen LogP contribution in [0, 0.1) is 0 Å². The molecule has 1 saturated heterocycles. The lowest BCUT2D eigenvalue weighted by molar-refractivity contribution is -0.155. The third-order valence-corrected chi connectivity index (χ3v) is 1.94. The summed E-state index contributed by atoms with van der Waals surface area (Å²) >= 11 is 0. The Morgan fingerprint density at radius 2 is 2.20 bits per heavy atom. The Balaban J connectivity index is 2.48. The van der Waals surface area contributed by atoms with E-state index in [0.29, 0.717) is 6.54 Å². The summed E-state index contributed by atoms with van der Waals surface area (Å²) in [7, 11) is 0. The first-order chi connectivity index (χ1) is 7.00. The molecule has 0 aromatic heterocycles. The van der Waals surface area contributed by atoms with Gasteiger partial charge in [-0.3, -0.25) is 0 Å². The quantitative estimate of drug-likeness (QED) is 0.720. The number of rotatable bonds is 2. The average molecular weight is 217 g/mol. The van der Waals surface area contributed by atoms with Crippen LogP contribution in [-0.4, -0.2) is 54.0 Å². The van der Waals surface area contributed by atoms with Crippen LogP contribution >= 0.6 is 0 Å². The zero-order valence-corrected chi connectivity index (χ0v) is 8.80. The Hall–Kier alpha value is -1.30. The van der Waals surface area contributed by atoms with Gasteiger partial charge in [-0.05, 0) is 13.8 Å². The third-order valence-electron chi connectivity index (χ3n) is 1.94. The summed E-state index contributed by atoms with van der Waals surface area (Å²) in [6.07, 6.45) is -1.64. The smallest absolute Gasteiger partial charge is 0.410 e. The molecule has 1 aliphatic rings. The average Bonchev–Trinajstić information content (AvgIpc) is 2.17. The molecule has 0 aliphatic carbocycles. The van der Waals surface area contributed by atoms with E-state index in [-0.39, 0.29) is 19.3 Å². The van der Waals surface area contributed by atoms with Crippen LogP contribution in [0.15, 0.2) is 0 Å². The lowest BCUT2D eigenvalue weighted by Crippen LogP contribution is -2.49. The molecule has 0 spiro atoms. The first-order valence-electron chi connectivity index (χ1n) is 4.80. The molecule has 1 rings (SSSR count). The second-order valence-electron chi connectivity index (χ2n) is 3.58. The van der Waals surface area contributed by atoms with Gasteiger partial charge in [0.15, 0.2) is 6.10 Å². The van der Waals surface area contributed by atoms with Crippen LogP contribution in [0.4, 0.5) is 4.79 Å². The Kier molecular flexibility index (Phi) is 3.90. The van der Waals surface area contributed by atoms with Gasteiger partial charge >= 0.3 is 12.1 Å². The molecule has 1 fully saturated rings. The molecule has 0 aromatic rings. The molecule has 1 unspecified atom stereocenters. The summed E-state index contributed by atoms with van der Waals surface area (Å²) in [4.78, 5) is 23.4. The molecular formula is C9H15NO5. The van der Waals surface area contributed by atoms with Gasteiger partial charge in [-0.1, -0.05) is 0 Å². The van der Waals surface area contributed by atoms with Crippen LogP contribution in [0.25, 0.3) is 0 Å². The first-order valence-corrected chi connectivity index (χ1v) is 4.80. The maximum Gasteiger partial charge on any atom is 0.410 e.